The van der Waals surface area contributed by atoms with Gasteiger partial charge in [-0.1, -0.05) is 6.42 Å². The summed E-state index contributed by atoms with van der Waals surface area (Å²) in [6, 6.07) is 0. The van der Waals surface area contributed by atoms with Gasteiger partial charge in [0.1, 0.15) is 18.7 Å². The molecule has 1 aromatic heterocycles. The summed E-state index contributed by atoms with van der Waals surface area (Å²) in [5.41, 5.74) is 5.77. The van der Waals surface area contributed by atoms with Crippen LogP contribution in [0.2, 0.25) is 0 Å². The van der Waals surface area contributed by atoms with E-state index in [9.17, 15) is 0 Å². The molecule has 6 nitrogen and oxygen atoms in total. The first-order chi connectivity index (χ1) is 8.97. The molecule has 0 bridgehead atoms. The van der Waals surface area contributed by atoms with E-state index in [1.54, 1.807) is 6.33 Å². The molecule has 1 aliphatic carbocycles. The van der Waals surface area contributed by atoms with E-state index in [-0.39, 0.29) is 5.54 Å². The predicted octanol–water partition coefficient (Wildman–Crippen LogP) is 1.24. The number of guanidine groups is 1. The van der Waals surface area contributed by atoms with Crippen LogP contribution in [-0.2, 0) is 12.1 Å². The van der Waals surface area contributed by atoms with Gasteiger partial charge in [-0.25, -0.2) is 14.7 Å². The van der Waals surface area contributed by atoms with E-state index in [2.05, 4.69) is 41.2 Å². The Morgan fingerprint density at radius 1 is 1.53 bits per heavy atom. The lowest BCUT2D eigenvalue weighted by atomic mass is 9.85. The van der Waals surface area contributed by atoms with E-state index < -0.39 is 0 Å². The van der Waals surface area contributed by atoms with Crippen LogP contribution in [0, 0.1) is 5.92 Å². The monoisotopic (exact) mass is 264 g/mol. The van der Waals surface area contributed by atoms with Crippen molar-refractivity contribution in [3.05, 3.63) is 12.2 Å². The fourth-order valence-electron chi connectivity index (χ4n) is 2.09. The molecule has 0 unspecified atom stereocenters. The first-order valence-corrected chi connectivity index (χ1v) is 6.90. The minimum absolute atomic E-state index is 0.0878. The smallest absolute Gasteiger partial charge is 0.189 e. The van der Waals surface area contributed by atoms with Gasteiger partial charge in [-0.05, 0) is 39.5 Å². The van der Waals surface area contributed by atoms with Crippen LogP contribution in [0.4, 0.5) is 0 Å². The van der Waals surface area contributed by atoms with Crippen LogP contribution < -0.4 is 11.1 Å². The first-order valence-electron chi connectivity index (χ1n) is 6.90. The third kappa shape index (κ3) is 3.68. The zero-order chi connectivity index (χ0) is 13.9. The SMILES string of the molecule is CC(C)(C)n1ncnc1CN=C(N)NCC1CCC1. The van der Waals surface area contributed by atoms with Crippen molar-refractivity contribution in [3.63, 3.8) is 0 Å². The topological polar surface area (TPSA) is 81.1 Å². The van der Waals surface area contributed by atoms with E-state index in [0.29, 0.717) is 12.5 Å². The molecule has 0 atom stereocenters. The van der Waals surface area contributed by atoms with Crippen molar-refractivity contribution in [2.24, 2.45) is 16.6 Å². The molecule has 1 aliphatic rings. The maximum Gasteiger partial charge on any atom is 0.189 e. The molecule has 106 valence electrons. The Morgan fingerprint density at radius 2 is 2.26 bits per heavy atom. The molecule has 1 saturated carbocycles. The lowest BCUT2D eigenvalue weighted by molar-refractivity contribution is 0.315. The number of rotatable bonds is 4. The average Bonchev–Trinajstić information content (AvgIpc) is 2.71. The van der Waals surface area contributed by atoms with Gasteiger partial charge in [-0.3, -0.25) is 0 Å². The average molecular weight is 264 g/mol. The number of nitrogens with one attached hydrogen (secondary N) is 1. The van der Waals surface area contributed by atoms with Gasteiger partial charge in [0.25, 0.3) is 0 Å². The van der Waals surface area contributed by atoms with Gasteiger partial charge in [0, 0.05) is 6.54 Å². The predicted molar refractivity (Wildman–Crippen MR) is 75.7 cm³/mol. The molecule has 1 heterocycles. The van der Waals surface area contributed by atoms with E-state index in [1.165, 1.54) is 19.3 Å². The fourth-order valence-corrected chi connectivity index (χ4v) is 2.09. The van der Waals surface area contributed by atoms with Crippen LogP contribution in [0.25, 0.3) is 0 Å². The molecule has 1 fully saturated rings. The maximum absolute atomic E-state index is 5.86. The largest absolute Gasteiger partial charge is 0.370 e. The highest BCUT2D eigenvalue weighted by molar-refractivity contribution is 5.77. The van der Waals surface area contributed by atoms with Gasteiger partial charge in [-0.2, -0.15) is 5.10 Å². The number of aromatic nitrogens is 3. The summed E-state index contributed by atoms with van der Waals surface area (Å²) in [5.74, 6) is 2.10. The third-order valence-electron chi connectivity index (χ3n) is 3.44. The van der Waals surface area contributed by atoms with Crippen LogP contribution in [0.1, 0.15) is 45.9 Å². The van der Waals surface area contributed by atoms with Crippen molar-refractivity contribution in [2.75, 3.05) is 6.54 Å². The summed E-state index contributed by atoms with van der Waals surface area (Å²) in [4.78, 5) is 8.57. The second-order valence-electron chi connectivity index (χ2n) is 6.14. The zero-order valence-electron chi connectivity index (χ0n) is 12.1. The fraction of sp³-hybridized carbons (Fsp3) is 0.769. The molecule has 0 amide bonds. The summed E-state index contributed by atoms with van der Waals surface area (Å²) in [6.45, 7) is 7.66. The molecule has 0 radical (unpaired) electrons. The second kappa shape index (κ2) is 5.59. The van der Waals surface area contributed by atoms with Crippen molar-refractivity contribution < 1.29 is 0 Å². The maximum atomic E-state index is 5.86. The Balaban J connectivity index is 1.88. The van der Waals surface area contributed by atoms with E-state index in [1.807, 2.05) is 4.68 Å². The number of hydrogen-bond donors (Lipinski definition) is 2. The number of nitrogens with two attached hydrogens (primary N) is 1. The molecule has 3 N–H and O–H groups in total. The highest BCUT2D eigenvalue weighted by Crippen LogP contribution is 2.24. The van der Waals surface area contributed by atoms with Crippen molar-refractivity contribution >= 4 is 5.96 Å². The van der Waals surface area contributed by atoms with E-state index in [0.717, 1.165) is 18.3 Å². The number of aliphatic imine (C=N–C) groups is 1. The molecule has 1 aromatic rings. The van der Waals surface area contributed by atoms with Crippen LogP contribution in [0.15, 0.2) is 11.3 Å². The Kier molecular flexibility index (Phi) is 4.07. The van der Waals surface area contributed by atoms with E-state index >= 15 is 0 Å². The summed E-state index contributed by atoms with van der Waals surface area (Å²) in [5, 5.41) is 7.41. The minimum atomic E-state index is -0.0878. The molecular formula is C13H24N6. The van der Waals surface area contributed by atoms with Crippen molar-refractivity contribution in [3.8, 4) is 0 Å². The molecule has 0 saturated heterocycles. The molecular weight excluding hydrogens is 240 g/mol. The second-order valence-corrected chi connectivity index (χ2v) is 6.14. The minimum Gasteiger partial charge on any atom is -0.370 e. The quantitative estimate of drug-likeness (QED) is 0.633. The van der Waals surface area contributed by atoms with Gasteiger partial charge < -0.3 is 11.1 Å². The highest BCUT2D eigenvalue weighted by atomic mass is 15.4. The zero-order valence-corrected chi connectivity index (χ0v) is 12.1. The molecule has 0 spiro atoms. The molecule has 0 aliphatic heterocycles. The van der Waals surface area contributed by atoms with E-state index in [4.69, 9.17) is 5.73 Å². The van der Waals surface area contributed by atoms with Crippen molar-refractivity contribution in [2.45, 2.75) is 52.1 Å². The first kappa shape index (κ1) is 13.8. The van der Waals surface area contributed by atoms with Gasteiger partial charge in [0.05, 0.1) is 5.54 Å². The van der Waals surface area contributed by atoms with Crippen LogP contribution in [0.5, 0.6) is 0 Å². The Hall–Kier alpha value is -1.59. The lowest BCUT2D eigenvalue weighted by Gasteiger charge is -2.25. The number of hydrogen-bond acceptors (Lipinski definition) is 3. The standard InChI is InChI=1S/C13H24N6/c1-13(2,3)19-11(17-9-18-19)8-16-12(14)15-7-10-5-4-6-10/h9-10H,4-8H2,1-3H3,(H3,14,15,16). The third-order valence-corrected chi connectivity index (χ3v) is 3.44. The molecule has 19 heavy (non-hydrogen) atoms. The summed E-state index contributed by atoms with van der Waals surface area (Å²) >= 11 is 0. The number of nitrogens with zero attached hydrogens (tertiary/aromatic N) is 4. The Labute approximate surface area is 114 Å². The van der Waals surface area contributed by atoms with Gasteiger partial charge >= 0.3 is 0 Å². The van der Waals surface area contributed by atoms with Crippen molar-refractivity contribution in [1.29, 1.82) is 0 Å². The lowest BCUT2D eigenvalue weighted by Crippen LogP contribution is -2.37. The molecule has 2 rings (SSSR count). The highest BCUT2D eigenvalue weighted by Gasteiger charge is 2.18. The van der Waals surface area contributed by atoms with Crippen molar-refractivity contribution in [1.82, 2.24) is 20.1 Å². The summed E-state index contributed by atoms with van der Waals surface area (Å²) in [7, 11) is 0. The normalized spacial score (nSPS) is 17.3. The molecule has 0 aromatic carbocycles. The van der Waals surface area contributed by atoms with Crippen LogP contribution >= 0.6 is 0 Å². The summed E-state index contributed by atoms with van der Waals surface area (Å²) in [6.07, 6.45) is 5.52. The van der Waals surface area contributed by atoms with Gasteiger partial charge in [0.2, 0.25) is 0 Å². The van der Waals surface area contributed by atoms with Gasteiger partial charge in [-0.15, -0.1) is 0 Å². The van der Waals surface area contributed by atoms with Crippen LogP contribution in [-0.4, -0.2) is 27.3 Å². The summed E-state index contributed by atoms with van der Waals surface area (Å²) < 4.78 is 1.88. The van der Waals surface area contributed by atoms with Gasteiger partial charge in [0.15, 0.2) is 5.96 Å². The molecule has 6 heteroatoms. The Bertz CT molecular complexity index is 438. The van der Waals surface area contributed by atoms with Crippen LogP contribution in [0.3, 0.4) is 0 Å². The Morgan fingerprint density at radius 3 is 2.84 bits per heavy atom.